The van der Waals surface area contributed by atoms with Gasteiger partial charge in [-0.25, -0.2) is 0 Å². The largest absolute Gasteiger partial charge is 0.456 e. The van der Waals surface area contributed by atoms with E-state index in [1.165, 1.54) is 0 Å². The number of hydrogen-bond donors (Lipinski definition) is 0. The number of ether oxygens (including phenoxy) is 1. The van der Waals surface area contributed by atoms with E-state index in [4.69, 9.17) is 10.00 Å². The van der Waals surface area contributed by atoms with Crippen LogP contribution in [-0.4, -0.2) is 0 Å². The molecule has 0 bridgehead atoms. The van der Waals surface area contributed by atoms with Gasteiger partial charge in [0.1, 0.15) is 17.6 Å². The van der Waals surface area contributed by atoms with E-state index in [1.54, 1.807) is 18.2 Å². The Morgan fingerprint density at radius 3 is 2.50 bits per heavy atom. The average Bonchev–Trinajstić information content (AvgIpc) is 2.31. The molecule has 16 heavy (non-hydrogen) atoms. The molecule has 2 aromatic carbocycles. The Morgan fingerprint density at radius 1 is 1.06 bits per heavy atom. The normalized spacial score (nSPS) is 9.50. The first-order valence-electron chi connectivity index (χ1n) is 4.88. The first kappa shape index (κ1) is 10.3. The smallest absolute Gasteiger partial charge is 0.145 e. The van der Waals surface area contributed by atoms with Gasteiger partial charge in [0.05, 0.1) is 5.56 Å². The van der Waals surface area contributed by atoms with Gasteiger partial charge in [-0.15, -0.1) is 0 Å². The van der Waals surface area contributed by atoms with Gasteiger partial charge in [0.25, 0.3) is 0 Å². The zero-order valence-electron chi connectivity index (χ0n) is 8.68. The standard InChI is InChI=1S/C14H10NO/c1-11-7-8-12(10-15)14(9-11)16-13-5-3-2-4-6-13/h2-9H,1H2. The van der Waals surface area contributed by atoms with Crippen molar-refractivity contribution in [1.82, 2.24) is 0 Å². The molecule has 0 heterocycles. The third-order valence-corrected chi connectivity index (χ3v) is 2.14. The zero-order valence-corrected chi connectivity index (χ0v) is 8.68. The molecule has 0 atom stereocenters. The second-order valence-electron chi connectivity index (χ2n) is 3.36. The molecule has 0 amide bonds. The summed E-state index contributed by atoms with van der Waals surface area (Å²) in [5.74, 6) is 1.26. The number of nitrogens with zero attached hydrogens (tertiary/aromatic N) is 1. The van der Waals surface area contributed by atoms with Gasteiger partial charge in [0.15, 0.2) is 0 Å². The second kappa shape index (κ2) is 4.50. The molecule has 2 nitrogen and oxygen atoms in total. The molecule has 1 radical (unpaired) electrons. The lowest BCUT2D eigenvalue weighted by Gasteiger charge is -2.07. The van der Waals surface area contributed by atoms with Crippen LogP contribution in [0.5, 0.6) is 11.5 Å². The number of benzene rings is 2. The molecule has 0 aromatic heterocycles. The maximum atomic E-state index is 8.94. The van der Waals surface area contributed by atoms with Gasteiger partial charge in [-0.2, -0.15) is 5.26 Å². The molecule has 77 valence electrons. The molecule has 2 heteroatoms. The Morgan fingerprint density at radius 2 is 1.81 bits per heavy atom. The van der Waals surface area contributed by atoms with Crippen molar-refractivity contribution in [3.8, 4) is 17.6 Å². The van der Waals surface area contributed by atoms with Crippen LogP contribution in [0.4, 0.5) is 0 Å². The molecule has 2 aromatic rings. The summed E-state index contributed by atoms with van der Waals surface area (Å²) in [6, 6.07) is 16.7. The van der Waals surface area contributed by atoms with Crippen molar-refractivity contribution in [2.45, 2.75) is 0 Å². The van der Waals surface area contributed by atoms with E-state index in [-0.39, 0.29) is 0 Å². The van der Waals surface area contributed by atoms with Crippen LogP contribution in [0.3, 0.4) is 0 Å². The van der Waals surface area contributed by atoms with Crippen LogP contribution in [0.1, 0.15) is 11.1 Å². The predicted octanol–water partition coefficient (Wildman–Crippen LogP) is 3.53. The Bertz CT molecular complexity index is 526. The van der Waals surface area contributed by atoms with Gasteiger partial charge < -0.3 is 4.74 Å². The van der Waals surface area contributed by atoms with E-state index < -0.39 is 0 Å². The Hall–Kier alpha value is -2.27. The fourth-order valence-electron chi connectivity index (χ4n) is 1.36. The van der Waals surface area contributed by atoms with Crippen molar-refractivity contribution >= 4 is 0 Å². The fraction of sp³-hybridized carbons (Fsp3) is 0. The van der Waals surface area contributed by atoms with Gasteiger partial charge in [-0.05, 0) is 36.8 Å². The number of rotatable bonds is 2. The summed E-state index contributed by atoms with van der Waals surface area (Å²) in [6.45, 7) is 3.81. The topological polar surface area (TPSA) is 33.0 Å². The van der Waals surface area contributed by atoms with Gasteiger partial charge in [0.2, 0.25) is 0 Å². The third-order valence-electron chi connectivity index (χ3n) is 2.14. The molecule has 0 spiro atoms. The summed E-state index contributed by atoms with van der Waals surface area (Å²) in [7, 11) is 0. The number of nitriles is 1. The molecule has 0 N–H and O–H groups in total. The minimum Gasteiger partial charge on any atom is -0.456 e. The van der Waals surface area contributed by atoms with Crippen molar-refractivity contribution in [3.63, 3.8) is 0 Å². The van der Waals surface area contributed by atoms with Crippen molar-refractivity contribution in [3.05, 3.63) is 66.6 Å². The van der Waals surface area contributed by atoms with Crippen molar-refractivity contribution < 1.29 is 4.74 Å². The van der Waals surface area contributed by atoms with Gasteiger partial charge >= 0.3 is 0 Å². The first-order chi connectivity index (χ1) is 7.79. The molecule has 0 saturated heterocycles. The number of hydrogen-bond acceptors (Lipinski definition) is 2. The summed E-state index contributed by atoms with van der Waals surface area (Å²) in [4.78, 5) is 0. The molecule has 0 fully saturated rings. The zero-order chi connectivity index (χ0) is 11.4. The lowest BCUT2D eigenvalue weighted by molar-refractivity contribution is 0.481. The Labute approximate surface area is 94.7 Å². The lowest BCUT2D eigenvalue weighted by Crippen LogP contribution is -1.88. The second-order valence-corrected chi connectivity index (χ2v) is 3.36. The lowest BCUT2D eigenvalue weighted by atomic mass is 10.1. The molecule has 2 rings (SSSR count). The van der Waals surface area contributed by atoms with Crippen LogP contribution < -0.4 is 4.74 Å². The molecule has 0 aliphatic heterocycles. The van der Waals surface area contributed by atoms with Crippen molar-refractivity contribution in [2.24, 2.45) is 0 Å². The Kier molecular flexibility index (Phi) is 2.88. The van der Waals surface area contributed by atoms with E-state index >= 15 is 0 Å². The van der Waals surface area contributed by atoms with Crippen LogP contribution in [0.2, 0.25) is 0 Å². The van der Waals surface area contributed by atoms with Crippen LogP contribution in [0, 0.1) is 18.3 Å². The summed E-state index contributed by atoms with van der Waals surface area (Å²) >= 11 is 0. The van der Waals surface area contributed by atoms with Gasteiger partial charge in [-0.3, -0.25) is 0 Å². The maximum absolute atomic E-state index is 8.94. The molecular formula is C14H10NO. The molecule has 0 saturated carbocycles. The van der Waals surface area contributed by atoms with Crippen molar-refractivity contribution in [2.75, 3.05) is 0 Å². The van der Waals surface area contributed by atoms with Crippen LogP contribution >= 0.6 is 0 Å². The highest BCUT2D eigenvalue weighted by Crippen LogP contribution is 2.25. The molecule has 0 aliphatic rings. The Balaban J connectivity index is 2.35. The highest BCUT2D eigenvalue weighted by Gasteiger charge is 2.04. The van der Waals surface area contributed by atoms with Crippen LogP contribution in [-0.2, 0) is 0 Å². The summed E-state index contributed by atoms with van der Waals surface area (Å²) in [5, 5.41) is 8.94. The molecular weight excluding hydrogens is 198 g/mol. The molecule has 0 aliphatic carbocycles. The SMILES string of the molecule is [CH2]c1ccc(C#N)c(Oc2ccccc2)c1. The van der Waals surface area contributed by atoms with E-state index in [1.807, 2.05) is 30.3 Å². The van der Waals surface area contributed by atoms with Crippen molar-refractivity contribution in [1.29, 1.82) is 5.26 Å². The van der Waals surface area contributed by atoms with E-state index in [2.05, 4.69) is 13.0 Å². The van der Waals surface area contributed by atoms with Gasteiger partial charge in [-0.1, -0.05) is 24.3 Å². The monoisotopic (exact) mass is 208 g/mol. The third kappa shape index (κ3) is 2.21. The van der Waals surface area contributed by atoms with E-state index in [0.29, 0.717) is 17.1 Å². The minimum absolute atomic E-state index is 0.510. The summed E-state index contributed by atoms with van der Waals surface area (Å²) in [5.41, 5.74) is 1.33. The van der Waals surface area contributed by atoms with E-state index in [0.717, 1.165) is 5.56 Å². The minimum atomic E-state index is 0.510. The fourth-order valence-corrected chi connectivity index (χ4v) is 1.36. The average molecular weight is 208 g/mol. The van der Waals surface area contributed by atoms with Crippen LogP contribution in [0.15, 0.2) is 48.5 Å². The predicted molar refractivity (Wildman–Crippen MR) is 62.1 cm³/mol. The van der Waals surface area contributed by atoms with Gasteiger partial charge in [0, 0.05) is 0 Å². The summed E-state index contributed by atoms with van der Waals surface area (Å²) in [6.07, 6.45) is 0. The highest BCUT2D eigenvalue weighted by atomic mass is 16.5. The first-order valence-corrected chi connectivity index (χ1v) is 4.88. The van der Waals surface area contributed by atoms with Crippen LogP contribution in [0.25, 0.3) is 0 Å². The quantitative estimate of drug-likeness (QED) is 0.756. The number of para-hydroxylation sites is 1. The van der Waals surface area contributed by atoms with E-state index in [9.17, 15) is 0 Å². The maximum Gasteiger partial charge on any atom is 0.145 e. The molecule has 0 unspecified atom stereocenters. The summed E-state index contributed by atoms with van der Waals surface area (Å²) < 4.78 is 5.62. The highest BCUT2D eigenvalue weighted by molar-refractivity contribution is 5.47.